The second-order valence-corrected chi connectivity index (χ2v) is 10.6. The standard InChI is InChI=1S/C14H12BrN3O2S.C7H6BrN3/c1-9-3-5-11(6-4-9)21(19,20)18-8-13(15)12-7-16-10(2)17-14(12)18;1-4-9-2-5-6(8)3-10-7(5)11-4/h3-8H,1-2H3;2-3H,1H3,(H,9,10,11). The van der Waals surface area contributed by atoms with E-state index in [2.05, 4.69) is 56.8 Å². The summed E-state index contributed by atoms with van der Waals surface area (Å²) in [5.74, 6) is 1.31. The molecule has 0 amide bonds. The third-order valence-electron chi connectivity index (χ3n) is 4.67. The topological polar surface area (TPSA) is 106 Å². The number of aryl methyl sites for hydroxylation is 3. The second-order valence-electron chi connectivity index (χ2n) is 7.06. The number of rotatable bonds is 2. The van der Waals surface area contributed by atoms with Gasteiger partial charge < -0.3 is 4.98 Å². The molecule has 11 heteroatoms. The summed E-state index contributed by atoms with van der Waals surface area (Å²) in [4.78, 5) is 19.9. The van der Waals surface area contributed by atoms with Gasteiger partial charge in [0.25, 0.3) is 10.0 Å². The quantitative estimate of drug-likeness (QED) is 0.314. The number of aromatic nitrogens is 6. The zero-order chi connectivity index (χ0) is 23.0. The Bertz CT molecular complexity index is 1540. The smallest absolute Gasteiger partial charge is 0.269 e. The highest BCUT2D eigenvalue weighted by Crippen LogP contribution is 2.28. The van der Waals surface area contributed by atoms with Crippen molar-refractivity contribution >= 4 is 63.9 Å². The van der Waals surface area contributed by atoms with E-state index in [1.54, 1.807) is 43.6 Å². The maximum Gasteiger partial charge on any atom is 0.269 e. The van der Waals surface area contributed by atoms with Crippen molar-refractivity contribution in [3.63, 3.8) is 0 Å². The van der Waals surface area contributed by atoms with Gasteiger partial charge in [0, 0.05) is 33.7 Å². The monoisotopic (exact) mass is 576 g/mol. The van der Waals surface area contributed by atoms with Crippen LogP contribution in [0.1, 0.15) is 17.2 Å². The summed E-state index contributed by atoms with van der Waals surface area (Å²) >= 11 is 6.73. The van der Waals surface area contributed by atoms with E-state index in [0.717, 1.165) is 26.9 Å². The SMILES string of the molecule is Cc1ccc(S(=O)(=O)n2cc(Br)c3cnc(C)nc32)cc1.Cc1ncc2c(Br)c[nH]c2n1. The molecule has 1 N–H and O–H groups in total. The number of benzene rings is 1. The molecular formula is C21H18Br2N6O2S. The summed E-state index contributed by atoms with van der Waals surface area (Å²) in [7, 11) is -3.68. The van der Waals surface area contributed by atoms with Crippen molar-refractivity contribution in [1.29, 1.82) is 0 Å². The Morgan fingerprint density at radius 3 is 2.19 bits per heavy atom. The lowest BCUT2D eigenvalue weighted by Gasteiger charge is -2.07. The van der Waals surface area contributed by atoms with Crippen LogP contribution in [0.2, 0.25) is 0 Å². The van der Waals surface area contributed by atoms with Gasteiger partial charge in [-0.25, -0.2) is 32.3 Å². The molecule has 164 valence electrons. The fraction of sp³-hybridized carbons (Fsp3) is 0.143. The lowest BCUT2D eigenvalue weighted by atomic mass is 10.2. The molecule has 5 aromatic rings. The van der Waals surface area contributed by atoms with Crippen LogP contribution in [0, 0.1) is 20.8 Å². The van der Waals surface area contributed by atoms with Crippen LogP contribution in [0.15, 0.2) is 62.9 Å². The molecule has 0 atom stereocenters. The Morgan fingerprint density at radius 2 is 1.50 bits per heavy atom. The highest BCUT2D eigenvalue weighted by atomic mass is 79.9. The average Bonchev–Trinajstić information content (AvgIpc) is 3.28. The Hall–Kier alpha value is -2.63. The van der Waals surface area contributed by atoms with Crippen LogP contribution in [0.5, 0.6) is 0 Å². The molecule has 0 saturated carbocycles. The van der Waals surface area contributed by atoms with Crippen LogP contribution in [-0.2, 0) is 10.0 Å². The number of H-pyrrole nitrogens is 1. The van der Waals surface area contributed by atoms with E-state index < -0.39 is 10.0 Å². The third kappa shape index (κ3) is 4.32. The highest BCUT2D eigenvalue weighted by molar-refractivity contribution is 9.11. The van der Waals surface area contributed by atoms with Crippen LogP contribution < -0.4 is 0 Å². The summed E-state index contributed by atoms with van der Waals surface area (Å²) < 4.78 is 28.4. The largest absolute Gasteiger partial charge is 0.345 e. The minimum Gasteiger partial charge on any atom is -0.345 e. The van der Waals surface area contributed by atoms with Crippen LogP contribution >= 0.6 is 31.9 Å². The zero-order valence-corrected chi connectivity index (χ0v) is 21.3. The van der Waals surface area contributed by atoms with Crippen molar-refractivity contribution in [2.75, 3.05) is 0 Å². The first-order valence-corrected chi connectivity index (χ1v) is 12.5. The van der Waals surface area contributed by atoms with Gasteiger partial charge >= 0.3 is 0 Å². The fourth-order valence-corrected chi connectivity index (χ4v) is 5.34. The molecular weight excluding hydrogens is 560 g/mol. The highest BCUT2D eigenvalue weighted by Gasteiger charge is 2.21. The van der Waals surface area contributed by atoms with Crippen LogP contribution in [0.4, 0.5) is 0 Å². The fourth-order valence-electron chi connectivity index (χ4n) is 3.00. The number of nitrogens with one attached hydrogen (secondary N) is 1. The molecule has 5 rings (SSSR count). The summed E-state index contributed by atoms with van der Waals surface area (Å²) in [5.41, 5.74) is 2.25. The number of fused-ring (bicyclic) bond motifs is 2. The minimum atomic E-state index is -3.68. The zero-order valence-electron chi connectivity index (χ0n) is 17.3. The molecule has 0 bridgehead atoms. The molecule has 0 saturated heterocycles. The molecule has 4 aromatic heterocycles. The van der Waals surface area contributed by atoms with Crippen molar-refractivity contribution in [2.24, 2.45) is 0 Å². The summed E-state index contributed by atoms with van der Waals surface area (Å²) in [5, 5.41) is 1.69. The first-order chi connectivity index (χ1) is 15.2. The average molecular weight is 578 g/mol. The molecule has 4 heterocycles. The Morgan fingerprint density at radius 1 is 0.875 bits per heavy atom. The molecule has 8 nitrogen and oxygen atoms in total. The van der Waals surface area contributed by atoms with E-state index in [4.69, 9.17) is 0 Å². The van der Waals surface area contributed by atoms with E-state index in [1.165, 1.54) is 10.2 Å². The molecule has 0 spiro atoms. The van der Waals surface area contributed by atoms with Crippen LogP contribution in [-0.4, -0.2) is 37.3 Å². The number of halogens is 2. The molecule has 32 heavy (non-hydrogen) atoms. The normalized spacial score (nSPS) is 11.5. The van der Waals surface area contributed by atoms with E-state index in [0.29, 0.717) is 21.3 Å². The number of aromatic amines is 1. The second kappa shape index (κ2) is 8.72. The predicted molar refractivity (Wildman–Crippen MR) is 130 cm³/mol. The van der Waals surface area contributed by atoms with Gasteiger partial charge in [0.05, 0.1) is 15.7 Å². The van der Waals surface area contributed by atoms with Gasteiger partial charge in [-0.2, -0.15) is 0 Å². The van der Waals surface area contributed by atoms with E-state index >= 15 is 0 Å². The van der Waals surface area contributed by atoms with Gasteiger partial charge in [-0.1, -0.05) is 17.7 Å². The number of hydrogen-bond donors (Lipinski definition) is 1. The Labute approximate surface area is 201 Å². The van der Waals surface area contributed by atoms with Crippen molar-refractivity contribution in [1.82, 2.24) is 28.9 Å². The van der Waals surface area contributed by atoms with Gasteiger partial charge in [-0.3, -0.25) is 0 Å². The predicted octanol–water partition coefficient (Wildman–Crippen LogP) is 5.08. The van der Waals surface area contributed by atoms with E-state index in [9.17, 15) is 8.42 Å². The molecule has 0 unspecified atom stereocenters. The number of nitrogens with zero attached hydrogens (tertiary/aromatic N) is 5. The molecule has 1 aromatic carbocycles. The molecule has 0 aliphatic rings. The summed E-state index contributed by atoms with van der Waals surface area (Å²) in [6.07, 6.45) is 6.79. The first kappa shape index (κ1) is 22.6. The van der Waals surface area contributed by atoms with Crippen molar-refractivity contribution in [3.8, 4) is 0 Å². The van der Waals surface area contributed by atoms with Gasteiger partial charge in [-0.15, -0.1) is 0 Å². The van der Waals surface area contributed by atoms with Crippen molar-refractivity contribution in [2.45, 2.75) is 25.7 Å². The first-order valence-electron chi connectivity index (χ1n) is 9.45. The van der Waals surface area contributed by atoms with Crippen molar-refractivity contribution in [3.05, 3.63) is 75.2 Å². The van der Waals surface area contributed by atoms with Crippen LogP contribution in [0.25, 0.3) is 22.1 Å². The van der Waals surface area contributed by atoms with E-state index in [1.807, 2.05) is 20.0 Å². The number of hydrogen-bond acceptors (Lipinski definition) is 6. The van der Waals surface area contributed by atoms with Gasteiger partial charge in [0.15, 0.2) is 5.65 Å². The summed E-state index contributed by atoms with van der Waals surface area (Å²) in [6, 6.07) is 6.73. The lowest BCUT2D eigenvalue weighted by molar-refractivity contribution is 0.588. The summed E-state index contributed by atoms with van der Waals surface area (Å²) in [6.45, 7) is 5.51. The van der Waals surface area contributed by atoms with Gasteiger partial charge in [-0.05, 0) is 64.8 Å². The van der Waals surface area contributed by atoms with Gasteiger partial charge in [0.1, 0.15) is 17.3 Å². The molecule has 0 fully saturated rings. The maximum atomic E-state index is 12.8. The Balaban J connectivity index is 0.000000186. The van der Waals surface area contributed by atoms with Crippen LogP contribution in [0.3, 0.4) is 0 Å². The minimum absolute atomic E-state index is 0.230. The third-order valence-corrected chi connectivity index (χ3v) is 7.62. The van der Waals surface area contributed by atoms with Gasteiger partial charge in [0.2, 0.25) is 0 Å². The van der Waals surface area contributed by atoms with Crippen molar-refractivity contribution < 1.29 is 8.42 Å². The molecule has 0 aliphatic heterocycles. The Kier molecular flexibility index (Phi) is 6.15. The molecule has 0 radical (unpaired) electrons. The van der Waals surface area contributed by atoms with E-state index in [-0.39, 0.29) is 4.90 Å². The molecule has 0 aliphatic carbocycles. The lowest BCUT2D eigenvalue weighted by Crippen LogP contribution is -2.12. The maximum absolute atomic E-state index is 12.8.